The van der Waals surface area contributed by atoms with Gasteiger partial charge in [0.15, 0.2) is 0 Å². The number of rotatable bonds is 4. The fourth-order valence-electron chi connectivity index (χ4n) is 1.26. The summed E-state index contributed by atoms with van der Waals surface area (Å²) in [5.41, 5.74) is 2.08. The summed E-state index contributed by atoms with van der Waals surface area (Å²) in [6.07, 6.45) is 0. The number of amides is 1. The smallest absolute Gasteiger partial charge is 0.273 e. The molecule has 0 bridgehead atoms. The molecular formula is C11H9FN2O3S2. The van der Waals surface area contributed by atoms with Crippen LogP contribution in [0.25, 0.3) is 0 Å². The van der Waals surface area contributed by atoms with Crippen LogP contribution in [0, 0.1) is 5.82 Å². The molecule has 0 aliphatic heterocycles. The van der Waals surface area contributed by atoms with Crippen molar-refractivity contribution in [2.24, 2.45) is 0 Å². The maximum atomic E-state index is 12.7. The summed E-state index contributed by atoms with van der Waals surface area (Å²) in [6.45, 7) is 0. The molecule has 2 rings (SSSR count). The predicted molar refractivity (Wildman–Crippen MR) is 68.5 cm³/mol. The van der Waals surface area contributed by atoms with Crippen LogP contribution in [0.15, 0.2) is 46.7 Å². The molecule has 1 aromatic heterocycles. The molecule has 1 aromatic carbocycles. The van der Waals surface area contributed by atoms with E-state index >= 15 is 0 Å². The van der Waals surface area contributed by atoms with Crippen molar-refractivity contribution in [3.63, 3.8) is 0 Å². The van der Waals surface area contributed by atoms with Crippen molar-refractivity contribution >= 4 is 27.3 Å². The van der Waals surface area contributed by atoms with Crippen molar-refractivity contribution in [1.29, 1.82) is 0 Å². The Morgan fingerprint density at radius 2 is 1.84 bits per heavy atom. The normalized spacial score (nSPS) is 11.2. The number of hydrazine groups is 1. The molecule has 1 heterocycles. The molecule has 0 spiro atoms. The zero-order chi connectivity index (χ0) is 13.9. The molecule has 0 unspecified atom stereocenters. The molecule has 8 heteroatoms. The van der Waals surface area contributed by atoms with Crippen LogP contribution in [-0.4, -0.2) is 14.3 Å². The molecule has 19 heavy (non-hydrogen) atoms. The van der Waals surface area contributed by atoms with E-state index in [4.69, 9.17) is 0 Å². The molecule has 0 aliphatic carbocycles. The molecule has 0 aliphatic rings. The minimum atomic E-state index is -3.91. The van der Waals surface area contributed by atoms with Crippen LogP contribution >= 0.6 is 11.3 Å². The number of thiophene rings is 1. The predicted octanol–water partition coefficient (Wildman–Crippen LogP) is 1.51. The molecule has 1 amide bonds. The van der Waals surface area contributed by atoms with Crippen LogP contribution in [0.5, 0.6) is 0 Å². The van der Waals surface area contributed by atoms with Gasteiger partial charge in [0.1, 0.15) is 5.82 Å². The third-order valence-corrected chi connectivity index (χ3v) is 4.30. The Hall–Kier alpha value is -1.77. The lowest BCUT2D eigenvalue weighted by atomic mass is 10.4. The van der Waals surface area contributed by atoms with Gasteiger partial charge in [-0.3, -0.25) is 10.2 Å². The van der Waals surface area contributed by atoms with Crippen LogP contribution in [0.3, 0.4) is 0 Å². The van der Waals surface area contributed by atoms with E-state index in [1.807, 2.05) is 4.83 Å². The van der Waals surface area contributed by atoms with Crippen molar-refractivity contribution in [2.45, 2.75) is 4.90 Å². The van der Waals surface area contributed by atoms with Gasteiger partial charge < -0.3 is 0 Å². The van der Waals surface area contributed by atoms with Crippen LogP contribution < -0.4 is 10.3 Å². The zero-order valence-electron chi connectivity index (χ0n) is 9.46. The number of nitrogens with one attached hydrogen (secondary N) is 2. The molecule has 5 nitrogen and oxygen atoms in total. The number of benzene rings is 1. The highest BCUT2D eigenvalue weighted by Crippen LogP contribution is 2.10. The first-order chi connectivity index (χ1) is 8.99. The van der Waals surface area contributed by atoms with Crippen LogP contribution in [0.1, 0.15) is 9.67 Å². The van der Waals surface area contributed by atoms with Crippen molar-refractivity contribution < 1.29 is 17.6 Å². The van der Waals surface area contributed by atoms with Crippen LogP contribution in [-0.2, 0) is 10.0 Å². The summed E-state index contributed by atoms with van der Waals surface area (Å²) in [5, 5.41) is 1.70. The molecule has 0 radical (unpaired) electrons. The summed E-state index contributed by atoms with van der Waals surface area (Å²) >= 11 is 1.18. The van der Waals surface area contributed by atoms with Gasteiger partial charge in [-0.1, -0.05) is 6.07 Å². The molecule has 0 fully saturated rings. The van der Waals surface area contributed by atoms with E-state index in [0.29, 0.717) is 4.88 Å². The molecule has 100 valence electrons. The number of halogens is 1. The summed E-state index contributed by atoms with van der Waals surface area (Å²) in [5.74, 6) is -1.10. The zero-order valence-corrected chi connectivity index (χ0v) is 11.1. The maximum absolute atomic E-state index is 12.7. The second-order valence-corrected chi connectivity index (χ2v) is 6.12. The topological polar surface area (TPSA) is 75.3 Å². The maximum Gasteiger partial charge on any atom is 0.276 e. The standard InChI is InChI=1S/C11H9FN2O3S2/c12-8-3-5-9(6-4-8)19(16,17)14-13-11(15)10-2-1-7-18-10/h1-7,14H,(H,13,15). The number of sulfonamides is 1. The van der Waals surface area contributed by atoms with E-state index in [2.05, 4.69) is 5.43 Å². The molecule has 0 atom stereocenters. The lowest BCUT2D eigenvalue weighted by Gasteiger charge is -2.07. The van der Waals surface area contributed by atoms with Gasteiger partial charge in [0.05, 0.1) is 9.77 Å². The van der Waals surface area contributed by atoms with Crippen molar-refractivity contribution in [2.75, 3.05) is 0 Å². The average molecular weight is 300 g/mol. The Kier molecular flexibility index (Phi) is 3.93. The van der Waals surface area contributed by atoms with Crippen LogP contribution in [0.2, 0.25) is 0 Å². The first kappa shape index (κ1) is 13.7. The molecule has 0 saturated carbocycles. The lowest BCUT2D eigenvalue weighted by Crippen LogP contribution is -2.41. The number of carbonyl (C=O) groups is 1. The van der Waals surface area contributed by atoms with Gasteiger partial charge in [-0.15, -0.1) is 16.2 Å². The average Bonchev–Trinajstić information content (AvgIpc) is 2.90. The Morgan fingerprint density at radius 1 is 1.16 bits per heavy atom. The van der Waals surface area contributed by atoms with Gasteiger partial charge in [-0.2, -0.15) is 0 Å². The van der Waals surface area contributed by atoms with Crippen molar-refractivity contribution in [3.8, 4) is 0 Å². The Balaban J connectivity index is 2.06. The molecular weight excluding hydrogens is 291 g/mol. The molecule has 2 aromatic rings. The first-order valence-corrected chi connectivity index (χ1v) is 7.46. The number of hydrogen-bond acceptors (Lipinski definition) is 4. The van der Waals surface area contributed by atoms with Crippen molar-refractivity contribution in [1.82, 2.24) is 10.3 Å². The highest BCUT2D eigenvalue weighted by Gasteiger charge is 2.15. The second kappa shape index (κ2) is 5.47. The number of carbonyl (C=O) groups excluding carboxylic acids is 1. The summed E-state index contributed by atoms with van der Waals surface area (Å²) < 4.78 is 36.2. The molecule has 0 saturated heterocycles. The van der Waals surface area contributed by atoms with E-state index in [1.54, 1.807) is 17.5 Å². The van der Waals surface area contributed by atoms with Gasteiger partial charge in [0, 0.05) is 0 Å². The largest absolute Gasteiger partial charge is 0.276 e. The summed E-state index contributed by atoms with van der Waals surface area (Å²) in [7, 11) is -3.91. The highest BCUT2D eigenvalue weighted by molar-refractivity contribution is 7.89. The monoisotopic (exact) mass is 300 g/mol. The Morgan fingerprint density at radius 3 is 2.42 bits per heavy atom. The van der Waals surface area contributed by atoms with E-state index in [1.165, 1.54) is 11.3 Å². The van der Waals surface area contributed by atoms with Gasteiger partial charge in [0.25, 0.3) is 15.9 Å². The minimum absolute atomic E-state index is 0.139. The summed E-state index contributed by atoms with van der Waals surface area (Å²) in [6, 6.07) is 7.50. The second-order valence-electron chi connectivity index (χ2n) is 3.49. The fraction of sp³-hybridized carbons (Fsp3) is 0. The highest BCUT2D eigenvalue weighted by atomic mass is 32.2. The first-order valence-electron chi connectivity index (χ1n) is 5.10. The van der Waals surface area contributed by atoms with Crippen molar-refractivity contribution in [3.05, 3.63) is 52.5 Å². The quantitative estimate of drug-likeness (QED) is 0.840. The fourth-order valence-corrected chi connectivity index (χ4v) is 2.71. The minimum Gasteiger partial charge on any atom is -0.273 e. The number of hydrogen-bond donors (Lipinski definition) is 2. The third kappa shape index (κ3) is 3.37. The van der Waals surface area contributed by atoms with Gasteiger partial charge >= 0.3 is 0 Å². The van der Waals surface area contributed by atoms with Gasteiger partial charge in [-0.05, 0) is 35.7 Å². The summed E-state index contributed by atoms with van der Waals surface area (Å²) in [4.78, 5) is 13.7. The van der Waals surface area contributed by atoms with Gasteiger partial charge in [-0.25, -0.2) is 12.8 Å². The Bertz CT molecular complexity index is 666. The SMILES string of the molecule is O=C(NNS(=O)(=O)c1ccc(F)cc1)c1cccs1. The Labute approximate surface area is 113 Å². The van der Waals surface area contributed by atoms with E-state index in [9.17, 15) is 17.6 Å². The third-order valence-electron chi connectivity index (χ3n) is 2.17. The van der Waals surface area contributed by atoms with Gasteiger partial charge in [0.2, 0.25) is 0 Å². The van der Waals surface area contributed by atoms with E-state index < -0.39 is 21.7 Å². The van der Waals surface area contributed by atoms with E-state index in [0.717, 1.165) is 24.3 Å². The van der Waals surface area contributed by atoms with E-state index in [-0.39, 0.29) is 4.90 Å². The molecule has 2 N–H and O–H groups in total. The van der Waals surface area contributed by atoms with Crippen LogP contribution in [0.4, 0.5) is 4.39 Å². The lowest BCUT2D eigenvalue weighted by molar-refractivity contribution is 0.0949.